The summed E-state index contributed by atoms with van der Waals surface area (Å²) in [6.45, 7) is 4.78. The molecule has 160 valence electrons. The average molecular weight is 413 g/mol. The number of halogens is 3. The van der Waals surface area contributed by atoms with Gasteiger partial charge in [0.1, 0.15) is 18.2 Å². The molecule has 0 aliphatic rings. The molecule has 10 heteroatoms. The van der Waals surface area contributed by atoms with Crippen molar-refractivity contribution in [2.75, 3.05) is 38.1 Å². The summed E-state index contributed by atoms with van der Waals surface area (Å²) < 4.78 is 49.5. The second kappa shape index (κ2) is 11.9. The largest absolute Gasteiger partial charge is 0.467 e. The number of aromatic nitrogens is 1. The van der Waals surface area contributed by atoms with E-state index in [0.29, 0.717) is 38.8 Å². The summed E-state index contributed by atoms with van der Waals surface area (Å²) in [5.74, 6) is 1.19. The SMILES string of the molecule is CCNC(=NCCCOCc1ccco1)NCCNc1ncccc1C(F)(F)F. The lowest BCUT2D eigenvalue weighted by molar-refractivity contribution is -0.137. The lowest BCUT2D eigenvalue weighted by atomic mass is 10.2. The Morgan fingerprint density at radius 1 is 1.21 bits per heavy atom. The van der Waals surface area contributed by atoms with E-state index in [1.807, 2.05) is 19.1 Å². The van der Waals surface area contributed by atoms with Crippen LogP contribution in [0, 0.1) is 0 Å². The van der Waals surface area contributed by atoms with Gasteiger partial charge in [-0.05, 0) is 37.6 Å². The van der Waals surface area contributed by atoms with E-state index >= 15 is 0 Å². The van der Waals surface area contributed by atoms with Crippen molar-refractivity contribution >= 4 is 11.8 Å². The van der Waals surface area contributed by atoms with Crippen molar-refractivity contribution in [3.8, 4) is 0 Å². The molecule has 2 heterocycles. The number of nitrogens with zero attached hydrogens (tertiary/aromatic N) is 2. The molecule has 2 aromatic heterocycles. The van der Waals surface area contributed by atoms with Crippen molar-refractivity contribution in [1.82, 2.24) is 15.6 Å². The van der Waals surface area contributed by atoms with E-state index in [-0.39, 0.29) is 12.4 Å². The summed E-state index contributed by atoms with van der Waals surface area (Å²) in [7, 11) is 0. The Bertz CT molecular complexity index is 736. The van der Waals surface area contributed by atoms with E-state index in [2.05, 4.69) is 25.9 Å². The molecule has 2 aromatic rings. The molecule has 29 heavy (non-hydrogen) atoms. The first-order valence-corrected chi connectivity index (χ1v) is 9.39. The number of rotatable bonds is 11. The molecule has 0 saturated heterocycles. The third-order valence-corrected chi connectivity index (χ3v) is 3.71. The highest BCUT2D eigenvalue weighted by molar-refractivity contribution is 5.79. The highest BCUT2D eigenvalue weighted by Gasteiger charge is 2.33. The van der Waals surface area contributed by atoms with Gasteiger partial charge in [0, 0.05) is 39.0 Å². The smallest absolute Gasteiger partial charge is 0.419 e. The van der Waals surface area contributed by atoms with Crippen LogP contribution in [0.15, 0.2) is 46.1 Å². The minimum Gasteiger partial charge on any atom is -0.467 e. The Morgan fingerprint density at radius 3 is 2.79 bits per heavy atom. The van der Waals surface area contributed by atoms with E-state index in [1.54, 1.807) is 6.26 Å². The van der Waals surface area contributed by atoms with Crippen LogP contribution in [-0.2, 0) is 17.5 Å². The zero-order valence-corrected chi connectivity index (χ0v) is 16.3. The molecule has 0 aliphatic heterocycles. The van der Waals surface area contributed by atoms with Gasteiger partial charge in [-0.25, -0.2) is 4.98 Å². The van der Waals surface area contributed by atoms with Crippen LogP contribution in [-0.4, -0.2) is 43.7 Å². The topological polar surface area (TPSA) is 83.7 Å². The van der Waals surface area contributed by atoms with Gasteiger partial charge < -0.3 is 25.1 Å². The van der Waals surface area contributed by atoms with E-state index in [0.717, 1.165) is 18.2 Å². The number of alkyl halides is 3. The van der Waals surface area contributed by atoms with Crippen molar-refractivity contribution in [2.45, 2.75) is 26.1 Å². The third-order valence-electron chi connectivity index (χ3n) is 3.71. The third kappa shape index (κ3) is 8.43. The summed E-state index contributed by atoms with van der Waals surface area (Å²) in [5, 5.41) is 8.87. The van der Waals surface area contributed by atoms with Crippen LogP contribution in [0.2, 0.25) is 0 Å². The molecule has 0 spiro atoms. The highest BCUT2D eigenvalue weighted by Crippen LogP contribution is 2.33. The van der Waals surface area contributed by atoms with Gasteiger partial charge in [-0.3, -0.25) is 4.99 Å². The van der Waals surface area contributed by atoms with Crippen LogP contribution < -0.4 is 16.0 Å². The van der Waals surface area contributed by atoms with E-state index in [9.17, 15) is 13.2 Å². The number of ether oxygens (including phenoxy) is 1. The maximum atomic E-state index is 13.0. The zero-order valence-electron chi connectivity index (χ0n) is 16.3. The molecule has 0 saturated carbocycles. The Hall–Kier alpha value is -2.75. The number of aliphatic imine (C=N–C) groups is 1. The van der Waals surface area contributed by atoms with Crippen molar-refractivity contribution in [3.05, 3.63) is 48.0 Å². The molecule has 0 fully saturated rings. The zero-order chi connectivity index (χ0) is 21.0. The molecule has 0 bridgehead atoms. The van der Waals surface area contributed by atoms with Gasteiger partial charge in [-0.15, -0.1) is 0 Å². The second-order valence-corrected chi connectivity index (χ2v) is 6.00. The minimum absolute atomic E-state index is 0.183. The van der Waals surface area contributed by atoms with Crippen LogP contribution in [0.25, 0.3) is 0 Å². The summed E-state index contributed by atoms with van der Waals surface area (Å²) in [6, 6.07) is 5.93. The quantitative estimate of drug-likeness (QED) is 0.298. The molecular weight excluding hydrogens is 387 g/mol. The van der Waals surface area contributed by atoms with Gasteiger partial charge in [0.15, 0.2) is 5.96 Å². The summed E-state index contributed by atoms with van der Waals surface area (Å²) in [5.41, 5.74) is -0.782. The van der Waals surface area contributed by atoms with Gasteiger partial charge in [0.2, 0.25) is 0 Å². The maximum absolute atomic E-state index is 13.0. The first-order valence-electron chi connectivity index (χ1n) is 9.39. The first kappa shape index (κ1) is 22.5. The van der Waals surface area contributed by atoms with Crippen LogP contribution in [0.3, 0.4) is 0 Å². The normalized spacial score (nSPS) is 12.1. The molecule has 0 unspecified atom stereocenters. The molecule has 2 rings (SSSR count). The van der Waals surface area contributed by atoms with Gasteiger partial charge in [-0.2, -0.15) is 13.2 Å². The molecule has 7 nitrogen and oxygen atoms in total. The van der Waals surface area contributed by atoms with Crippen LogP contribution >= 0.6 is 0 Å². The number of anilines is 1. The first-order chi connectivity index (χ1) is 14.0. The Kier molecular flexibility index (Phi) is 9.29. The van der Waals surface area contributed by atoms with Crippen molar-refractivity contribution in [1.29, 1.82) is 0 Å². The lowest BCUT2D eigenvalue weighted by Crippen LogP contribution is -2.39. The molecule has 0 atom stereocenters. The summed E-state index contributed by atoms with van der Waals surface area (Å²) in [4.78, 5) is 8.19. The van der Waals surface area contributed by atoms with E-state index in [4.69, 9.17) is 9.15 Å². The maximum Gasteiger partial charge on any atom is 0.419 e. The number of nitrogens with one attached hydrogen (secondary N) is 3. The van der Waals surface area contributed by atoms with Crippen molar-refractivity contribution < 1.29 is 22.3 Å². The van der Waals surface area contributed by atoms with Gasteiger partial charge in [-0.1, -0.05) is 0 Å². The predicted octanol–water partition coefficient (Wildman–Crippen LogP) is 3.27. The lowest BCUT2D eigenvalue weighted by Gasteiger charge is -2.14. The monoisotopic (exact) mass is 413 g/mol. The van der Waals surface area contributed by atoms with Crippen molar-refractivity contribution in [2.24, 2.45) is 4.99 Å². The van der Waals surface area contributed by atoms with Crippen LogP contribution in [0.4, 0.5) is 19.0 Å². The van der Waals surface area contributed by atoms with Gasteiger partial charge in [0.05, 0.1) is 11.8 Å². The standard InChI is InChI=1S/C19H26F3N5O2/c1-2-23-18(26-9-5-12-28-14-15-6-4-13-29-15)27-11-10-25-17-16(19(20,21)22)7-3-8-24-17/h3-4,6-8,13H,2,5,9-12,14H2,1H3,(H,24,25)(H2,23,26,27). The molecular formula is C19H26F3N5O2. The second-order valence-electron chi connectivity index (χ2n) is 6.00. The fourth-order valence-electron chi connectivity index (χ4n) is 2.40. The highest BCUT2D eigenvalue weighted by atomic mass is 19.4. The minimum atomic E-state index is -4.45. The number of guanidine groups is 1. The summed E-state index contributed by atoms with van der Waals surface area (Å²) >= 11 is 0. The van der Waals surface area contributed by atoms with Crippen LogP contribution in [0.5, 0.6) is 0 Å². The average Bonchev–Trinajstić information content (AvgIpc) is 3.20. The van der Waals surface area contributed by atoms with Gasteiger partial charge >= 0.3 is 6.18 Å². The fraction of sp³-hybridized carbons (Fsp3) is 0.474. The van der Waals surface area contributed by atoms with Crippen LogP contribution in [0.1, 0.15) is 24.7 Å². The summed E-state index contributed by atoms with van der Waals surface area (Å²) in [6.07, 6.45) is -0.785. The number of hydrogen-bond donors (Lipinski definition) is 3. The van der Waals surface area contributed by atoms with Gasteiger partial charge in [0.25, 0.3) is 0 Å². The molecule has 0 amide bonds. The number of pyridine rings is 1. The fourth-order valence-corrected chi connectivity index (χ4v) is 2.40. The van der Waals surface area contributed by atoms with E-state index < -0.39 is 11.7 Å². The Balaban J connectivity index is 1.68. The predicted molar refractivity (Wildman–Crippen MR) is 105 cm³/mol. The van der Waals surface area contributed by atoms with E-state index in [1.165, 1.54) is 12.3 Å². The molecule has 0 aliphatic carbocycles. The molecule has 0 aromatic carbocycles. The Labute approximate surface area is 167 Å². The van der Waals surface area contributed by atoms with Crippen molar-refractivity contribution in [3.63, 3.8) is 0 Å². The number of hydrogen-bond acceptors (Lipinski definition) is 5. The number of furan rings is 1. The molecule has 0 radical (unpaired) electrons. The molecule has 3 N–H and O–H groups in total. The Morgan fingerprint density at radius 2 is 2.07 bits per heavy atom.